The molecule has 2 aromatic carbocycles. The fraction of sp³-hybridized carbons (Fsp3) is 0.618. The average Bonchev–Trinajstić information content (AvgIpc) is 2.92. The summed E-state index contributed by atoms with van der Waals surface area (Å²) in [5.74, 6) is 0.845. The Morgan fingerprint density at radius 1 is 0.622 bits per heavy atom. The van der Waals surface area contributed by atoms with E-state index in [1.165, 1.54) is 77.0 Å². The molecule has 3 heteroatoms. The van der Waals surface area contributed by atoms with Crippen LogP contribution in [0, 0.1) is 0 Å². The summed E-state index contributed by atoms with van der Waals surface area (Å²) in [4.78, 5) is 12.3. The third-order valence-electron chi connectivity index (χ3n) is 7.13. The lowest BCUT2D eigenvalue weighted by atomic mass is 10.0. The molecule has 0 aromatic heterocycles. The molecule has 0 aliphatic rings. The smallest absolute Gasteiger partial charge is 0.306 e. The van der Waals surface area contributed by atoms with Crippen LogP contribution in [0.4, 0.5) is 0 Å². The zero-order valence-electron chi connectivity index (χ0n) is 23.9. The Morgan fingerprint density at radius 2 is 1.08 bits per heavy atom. The molecule has 0 saturated carbocycles. The van der Waals surface area contributed by atoms with E-state index in [9.17, 15) is 4.79 Å². The molecule has 0 bridgehead atoms. The predicted octanol–water partition coefficient (Wildman–Crippen LogP) is 10.6. The monoisotopic (exact) mass is 508 g/mol. The number of unbranched alkanes of at least 4 members (excludes halogenated alkanes) is 13. The molecule has 206 valence electrons. The fourth-order valence-corrected chi connectivity index (χ4v) is 4.67. The minimum absolute atomic E-state index is 0.0883. The third kappa shape index (κ3) is 13.7. The van der Waals surface area contributed by atoms with E-state index < -0.39 is 0 Å². The number of rotatable bonds is 21. The van der Waals surface area contributed by atoms with Crippen LogP contribution < -0.4 is 4.74 Å². The molecule has 0 aliphatic heterocycles. The Bertz CT molecular complexity index is 825. The fourth-order valence-electron chi connectivity index (χ4n) is 4.67. The zero-order valence-corrected chi connectivity index (χ0v) is 23.9. The van der Waals surface area contributed by atoms with Gasteiger partial charge >= 0.3 is 5.97 Å². The molecule has 0 radical (unpaired) electrons. The van der Waals surface area contributed by atoms with Gasteiger partial charge in [-0.15, -0.1) is 0 Å². The third-order valence-corrected chi connectivity index (χ3v) is 7.13. The highest BCUT2D eigenvalue weighted by Crippen LogP contribution is 2.26. The van der Waals surface area contributed by atoms with Crippen molar-refractivity contribution in [1.82, 2.24) is 0 Å². The molecule has 0 amide bonds. The first-order valence-corrected chi connectivity index (χ1v) is 15.2. The predicted molar refractivity (Wildman–Crippen MR) is 157 cm³/mol. The van der Waals surface area contributed by atoms with E-state index in [1.54, 1.807) is 0 Å². The number of esters is 1. The molecule has 2 rings (SSSR count). The van der Waals surface area contributed by atoms with Crippen LogP contribution in [0.5, 0.6) is 5.75 Å². The first kappa shape index (κ1) is 30.9. The summed E-state index contributed by atoms with van der Waals surface area (Å²) in [5, 5.41) is 0. The van der Waals surface area contributed by atoms with Crippen molar-refractivity contribution in [3.63, 3.8) is 0 Å². The van der Waals surface area contributed by atoms with Gasteiger partial charge in [-0.05, 0) is 48.6 Å². The Balaban J connectivity index is 1.65. The zero-order chi connectivity index (χ0) is 26.6. The van der Waals surface area contributed by atoms with Gasteiger partial charge in [0.05, 0.1) is 6.61 Å². The summed E-state index contributed by atoms with van der Waals surface area (Å²) in [5.41, 5.74) is 3.34. The van der Waals surface area contributed by atoms with Gasteiger partial charge in [-0.3, -0.25) is 4.79 Å². The first-order valence-electron chi connectivity index (χ1n) is 15.2. The molecular formula is C34H52O3. The van der Waals surface area contributed by atoms with Crippen LogP contribution in [-0.4, -0.2) is 12.6 Å². The van der Waals surface area contributed by atoms with Crippen molar-refractivity contribution >= 4 is 5.97 Å². The Kier molecular flexibility index (Phi) is 16.5. The second-order valence-corrected chi connectivity index (χ2v) is 10.5. The number of hydrogen-bond acceptors (Lipinski definition) is 3. The summed E-state index contributed by atoms with van der Waals surface area (Å²) in [6.45, 7) is 7.25. The number of ether oxygens (including phenoxy) is 2. The molecule has 0 spiro atoms. The molecule has 0 N–H and O–H groups in total. The number of carbonyl (C=O) groups excluding carboxylic acids is 1. The van der Waals surface area contributed by atoms with E-state index in [0.717, 1.165) is 48.3 Å². The van der Waals surface area contributed by atoms with Gasteiger partial charge in [0.25, 0.3) is 0 Å². The van der Waals surface area contributed by atoms with Crippen LogP contribution in [0.25, 0.3) is 11.1 Å². The SMILES string of the molecule is CCCCCCCCCCC(=O)OC(C)c1ccc(-c2ccc(OCCCCCCCCC)cc2)cc1. The second-order valence-electron chi connectivity index (χ2n) is 10.5. The summed E-state index contributed by atoms with van der Waals surface area (Å²) < 4.78 is 11.6. The lowest BCUT2D eigenvalue weighted by Crippen LogP contribution is -2.08. The lowest BCUT2D eigenvalue weighted by molar-refractivity contribution is -0.148. The van der Waals surface area contributed by atoms with E-state index in [0.29, 0.717) is 6.42 Å². The number of benzene rings is 2. The van der Waals surface area contributed by atoms with Gasteiger partial charge in [0, 0.05) is 6.42 Å². The molecule has 37 heavy (non-hydrogen) atoms. The maximum absolute atomic E-state index is 12.3. The van der Waals surface area contributed by atoms with E-state index in [2.05, 4.69) is 62.4 Å². The minimum atomic E-state index is -0.224. The van der Waals surface area contributed by atoms with Gasteiger partial charge in [0.15, 0.2) is 0 Å². The maximum Gasteiger partial charge on any atom is 0.306 e. The molecule has 0 heterocycles. The summed E-state index contributed by atoms with van der Waals surface area (Å²) >= 11 is 0. The van der Waals surface area contributed by atoms with Crippen molar-refractivity contribution < 1.29 is 14.3 Å². The lowest BCUT2D eigenvalue weighted by Gasteiger charge is -2.14. The van der Waals surface area contributed by atoms with Crippen LogP contribution >= 0.6 is 0 Å². The van der Waals surface area contributed by atoms with Crippen molar-refractivity contribution in [2.24, 2.45) is 0 Å². The van der Waals surface area contributed by atoms with Crippen molar-refractivity contribution in [1.29, 1.82) is 0 Å². The van der Waals surface area contributed by atoms with E-state index in [1.807, 2.05) is 6.92 Å². The van der Waals surface area contributed by atoms with Crippen LogP contribution in [0.1, 0.15) is 135 Å². The Labute approximate surface area is 227 Å². The van der Waals surface area contributed by atoms with Crippen molar-refractivity contribution in [3.05, 3.63) is 54.1 Å². The molecule has 2 aromatic rings. The van der Waals surface area contributed by atoms with Crippen LogP contribution in [0.15, 0.2) is 48.5 Å². The highest BCUT2D eigenvalue weighted by atomic mass is 16.5. The number of hydrogen-bond donors (Lipinski definition) is 0. The van der Waals surface area contributed by atoms with E-state index in [-0.39, 0.29) is 12.1 Å². The standard InChI is InChI=1S/C34H52O3/c1-4-6-8-10-12-13-15-17-19-34(35)37-29(3)30-20-22-31(23-21-30)32-24-26-33(27-25-32)36-28-18-16-14-11-9-7-5-2/h20-27,29H,4-19,28H2,1-3H3. The minimum Gasteiger partial charge on any atom is -0.494 e. The van der Waals surface area contributed by atoms with Crippen LogP contribution in [-0.2, 0) is 9.53 Å². The van der Waals surface area contributed by atoms with Crippen molar-refractivity contribution in [2.45, 2.75) is 130 Å². The molecule has 0 fully saturated rings. The largest absolute Gasteiger partial charge is 0.494 e. The van der Waals surface area contributed by atoms with Gasteiger partial charge in [-0.25, -0.2) is 0 Å². The first-order chi connectivity index (χ1) is 18.1. The van der Waals surface area contributed by atoms with Crippen molar-refractivity contribution in [3.8, 4) is 16.9 Å². The average molecular weight is 509 g/mol. The normalized spacial score (nSPS) is 11.9. The molecule has 3 nitrogen and oxygen atoms in total. The quantitative estimate of drug-likeness (QED) is 0.124. The van der Waals surface area contributed by atoms with Gasteiger partial charge < -0.3 is 9.47 Å². The van der Waals surface area contributed by atoms with Gasteiger partial charge in [0.1, 0.15) is 11.9 Å². The molecule has 0 saturated heterocycles. The topological polar surface area (TPSA) is 35.5 Å². The van der Waals surface area contributed by atoms with Crippen molar-refractivity contribution in [2.75, 3.05) is 6.61 Å². The van der Waals surface area contributed by atoms with E-state index >= 15 is 0 Å². The Hall–Kier alpha value is -2.29. The summed E-state index contributed by atoms with van der Waals surface area (Å²) in [6.07, 6.45) is 19.2. The number of carbonyl (C=O) groups is 1. The van der Waals surface area contributed by atoms with Gasteiger partial charge in [0.2, 0.25) is 0 Å². The highest BCUT2D eigenvalue weighted by Gasteiger charge is 2.12. The highest BCUT2D eigenvalue weighted by molar-refractivity contribution is 5.70. The Morgan fingerprint density at radius 3 is 1.62 bits per heavy atom. The van der Waals surface area contributed by atoms with Crippen LogP contribution in [0.3, 0.4) is 0 Å². The van der Waals surface area contributed by atoms with Crippen LogP contribution in [0.2, 0.25) is 0 Å². The second kappa shape index (κ2) is 19.8. The maximum atomic E-state index is 12.3. The summed E-state index contributed by atoms with van der Waals surface area (Å²) in [6, 6.07) is 16.7. The molecule has 1 atom stereocenters. The molecule has 0 aliphatic carbocycles. The molecule has 1 unspecified atom stereocenters. The molecular weight excluding hydrogens is 456 g/mol. The summed E-state index contributed by atoms with van der Waals surface area (Å²) in [7, 11) is 0. The van der Waals surface area contributed by atoms with Gasteiger partial charge in [-0.2, -0.15) is 0 Å². The van der Waals surface area contributed by atoms with E-state index in [4.69, 9.17) is 9.47 Å². The van der Waals surface area contributed by atoms with Gasteiger partial charge in [-0.1, -0.05) is 134 Å².